The molecule has 2 N–H and O–H groups in total. The average molecular weight is 496 g/mol. The number of carbonyl (C=O) groups is 1. The fraction of sp³-hybridized carbons (Fsp3) is 0.269. The van der Waals surface area contributed by atoms with E-state index >= 15 is 0 Å². The fourth-order valence-electron chi connectivity index (χ4n) is 4.38. The first-order chi connectivity index (χ1) is 17.1. The minimum Gasteiger partial charge on any atom is -0.372 e. The van der Waals surface area contributed by atoms with Crippen LogP contribution in [0.25, 0.3) is 22.4 Å². The number of carbonyl (C=O) groups excluding carboxylic acids is 1. The standard InChI is InChI=1S/C26H24F3N5O2/c1-25(2)15-34(11-12-36-25)17-8-9-18(20(13-17)26(27,28)29)23-32-21-7-3-6-19(22(21)33-23)24(35)31-16-5-4-10-30-14-16/h3-10,13-14H,11-12,15H2,1-2H3,(H,31,35)(H,32,33). The molecule has 7 nitrogen and oxygen atoms in total. The van der Waals surface area contributed by atoms with Gasteiger partial charge in [-0.3, -0.25) is 9.78 Å². The third-order valence-corrected chi connectivity index (χ3v) is 6.03. The van der Waals surface area contributed by atoms with Crippen LogP contribution in [0.3, 0.4) is 0 Å². The van der Waals surface area contributed by atoms with Crippen LogP contribution in [0.2, 0.25) is 0 Å². The Kier molecular flexibility index (Phi) is 5.91. The van der Waals surface area contributed by atoms with E-state index < -0.39 is 23.2 Å². The minimum absolute atomic E-state index is 0.0350. The summed E-state index contributed by atoms with van der Waals surface area (Å²) < 4.78 is 48.2. The minimum atomic E-state index is -4.60. The van der Waals surface area contributed by atoms with Gasteiger partial charge in [0, 0.05) is 30.5 Å². The van der Waals surface area contributed by atoms with Gasteiger partial charge < -0.3 is 19.9 Å². The van der Waals surface area contributed by atoms with Gasteiger partial charge in [-0.15, -0.1) is 0 Å². The number of imidazole rings is 1. The zero-order chi connectivity index (χ0) is 25.5. The lowest BCUT2D eigenvalue weighted by atomic mass is 10.0. The van der Waals surface area contributed by atoms with E-state index in [4.69, 9.17) is 4.74 Å². The lowest BCUT2D eigenvalue weighted by molar-refractivity contribution is -0.137. The molecule has 36 heavy (non-hydrogen) atoms. The van der Waals surface area contributed by atoms with Crippen LogP contribution < -0.4 is 10.2 Å². The molecule has 0 unspecified atom stereocenters. The number of nitrogens with zero attached hydrogens (tertiary/aromatic N) is 3. The van der Waals surface area contributed by atoms with Gasteiger partial charge >= 0.3 is 6.18 Å². The number of hydrogen-bond donors (Lipinski definition) is 2. The van der Waals surface area contributed by atoms with E-state index in [1.165, 1.54) is 12.3 Å². The van der Waals surface area contributed by atoms with Crippen LogP contribution in [0, 0.1) is 0 Å². The first-order valence-electron chi connectivity index (χ1n) is 11.4. The maximum atomic E-state index is 14.2. The Labute approximate surface area is 205 Å². The van der Waals surface area contributed by atoms with Gasteiger partial charge in [-0.25, -0.2) is 4.98 Å². The van der Waals surface area contributed by atoms with E-state index in [0.29, 0.717) is 36.6 Å². The number of pyridine rings is 1. The molecule has 1 aliphatic heterocycles. The molecule has 1 fully saturated rings. The number of halogens is 3. The Morgan fingerprint density at radius 1 is 1.17 bits per heavy atom. The number of aromatic amines is 1. The molecule has 5 rings (SSSR count). The molecule has 0 bridgehead atoms. The van der Waals surface area contributed by atoms with Crippen LogP contribution >= 0.6 is 0 Å². The first-order valence-corrected chi connectivity index (χ1v) is 11.4. The van der Waals surface area contributed by atoms with Crippen molar-refractivity contribution in [3.8, 4) is 11.4 Å². The summed E-state index contributed by atoms with van der Waals surface area (Å²) in [5.41, 5.74) is 0.586. The Morgan fingerprint density at radius 3 is 2.72 bits per heavy atom. The van der Waals surface area contributed by atoms with Crippen molar-refractivity contribution >= 4 is 28.3 Å². The van der Waals surface area contributed by atoms with Crippen molar-refractivity contribution in [3.05, 3.63) is 72.1 Å². The third-order valence-electron chi connectivity index (χ3n) is 6.03. The lowest BCUT2D eigenvalue weighted by Crippen LogP contribution is -2.48. The normalized spacial score (nSPS) is 15.8. The van der Waals surface area contributed by atoms with Crippen LogP contribution in [-0.4, -0.2) is 46.2 Å². The summed E-state index contributed by atoms with van der Waals surface area (Å²) in [5, 5.41) is 2.73. The van der Waals surface area contributed by atoms with E-state index in [1.807, 2.05) is 18.7 Å². The molecule has 0 spiro atoms. The summed E-state index contributed by atoms with van der Waals surface area (Å²) in [5.74, 6) is -0.402. The van der Waals surface area contributed by atoms with Gasteiger partial charge in [-0.2, -0.15) is 13.2 Å². The highest BCUT2D eigenvalue weighted by Gasteiger charge is 2.36. The predicted molar refractivity (Wildman–Crippen MR) is 131 cm³/mol. The molecule has 3 heterocycles. The van der Waals surface area contributed by atoms with Gasteiger partial charge in [0.2, 0.25) is 0 Å². The van der Waals surface area contributed by atoms with Gasteiger partial charge in [0.1, 0.15) is 11.3 Å². The van der Waals surface area contributed by atoms with Crippen LogP contribution in [0.4, 0.5) is 24.5 Å². The summed E-state index contributed by atoms with van der Waals surface area (Å²) in [7, 11) is 0. The van der Waals surface area contributed by atoms with Crippen molar-refractivity contribution < 1.29 is 22.7 Å². The van der Waals surface area contributed by atoms with Crippen molar-refractivity contribution in [1.82, 2.24) is 15.0 Å². The number of anilines is 2. The van der Waals surface area contributed by atoms with Gasteiger partial charge in [0.15, 0.2) is 0 Å². The molecule has 1 saturated heterocycles. The van der Waals surface area contributed by atoms with Crippen LogP contribution in [0.1, 0.15) is 29.8 Å². The SMILES string of the molecule is CC1(C)CN(c2ccc(-c3nc4c(C(=O)Nc5cccnc5)cccc4[nH]3)c(C(F)(F)F)c2)CCO1. The highest BCUT2D eigenvalue weighted by Crippen LogP contribution is 2.39. The van der Waals surface area contributed by atoms with E-state index in [-0.39, 0.29) is 22.5 Å². The van der Waals surface area contributed by atoms with E-state index in [0.717, 1.165) is 6.07 Å². The molecular formula is C26H24F3N5O2. The third kappa shape index (κ3) is 4.76. The zero-order valence-electron chi connectivity index (χ0n) is 19.7. The van der Waals surface area contributed by atoms with Crippen molar-refractivity contribution in [2.24, 2.45) is 0 Å². The molecule has 0 aliphatic carbocycles. The van der Waals surface area contributed by atoms with E-state index in [9.17, 15) is 18.0 Å². The van der Waals surface area contributed by atoms with Crippen molar-refractivity contribution in [2.75, 3.05) is 29.9 Å². The number of rotatable bonds is 4. The monoisotopic (exact) mass is 495 g/mol. The molecule has 1 aliphatic rings. The van der Waals surface area contributed by atoms with Crippen LogP contribution in [-0.2, 0) is 10.9 Å². The molecule has 1 amide bonds. The highest BCUT2D eigenvalue weighted by molar-refractivity contribution is 6.11. The average Bonchev–Trinajstić information content (AvgIpc) is 3.27. The predicted octanol–water partition coefficient (Wildman–Crippen LogP) is 5.51. The Morgan fingerprint density at radius 2 is 2.00 bits per heavy atom. The van der Waals surface area contributed by atoms with Crippen molar-refractivity contribution in [2.45, 2.75) is 25.6 Å². The molecule has 2 aromatic carbocycles. The maximum Gasteiger partial charge on any atom is 0.417 e. The van der Waals surface area contributed by atoms with Gasteiger partial charge in [-0.1, -0.05) is 6.07 Å². The number of morpholine rings is 1. The number of hydrogen-bond acceptors (Lipinski definition) is 5. The summed E-state index contributed by atoms with van der Waals surface area (Å²) in [6.07, 6.45) is -1.52. The molecule has 186 valence electrons. The highest BCUT2D eigenvalue weighted by atomic mass is 19.4. The molecule has 0 radical (unpaired) electrons. The van der Waals surface area contributed by atoms with Gasteiger partial charge in [0.25, 0.3) is 5.91 Å². The summed E-state index contributed by atoms with van der Waals surface area (Å²) in [6.45, 7) is 5.23. The number of benzene rings is 2. The molecule has 4 aromatic rings. The topological polar surface area (TPSA) is 83.1 Å². The number of para-hydroxylation sites is 1. The number of nitrogens with one attached hydrogen (secondary N) is 2. The quantitative estimate of drug-likeness (QED) is 0.390. The van der Waals surface area contributed by atoms with E-state index in [1.54, 1.807) is 42.6 Å². The molecular weight excluding hydrogens is 471 g/mol. The lowest BCUT2D eigenvalue weighted by Gasteiger charge is -2.39. The Balaban J connectivity index is 1.53. The van der Waals surface area contributed by atoms with Crippen molar-refractivity contribution in [1.29, 1.82) is 0 Å². The zero-order valence-corrected chi connectivity index (χ0v) is 19.7. The largest absolute Gasteiger partial charge is 0.417 e. The van der Waals surface area contributed by atoms with Crippen LogP contribution in [0.5, 0.6) is 0 Å². The maximum absolute atomic E-state index is 14.2. The van der Waals surface area contributed by atoms with Gasteiger partial charge in [0.05, 0.1) is 40.7 Å². The molecule has 10 heteroatoms. The second-order valence-corrected chi connectivity index (χ2v) is 9.24. The fourth-order valence-corrected chi connectivity index (χ4v) is 4.38. The summed E-state index contributed by atoms with van der Waals surface area (Å²) in [4.78, 5) is 26.1. The number of H-pyrrole nitrogens is 1. The first kappa shape index (κ1) is 23.8. The Hall–Kier alpha value is -3.92. The Bertz CT molecular complexity index is 1420. The number of amides is 1. The number of aromatic nitrogens is 3. The summed E-state index contributed by atoms with van der Waals surface area (Å²) >= 11 is 0. The second-order valence-electron chi connectivity index (χ2n) is 9.24. The van der Waals surface area contributed by atoms with E-state index in [2.05, 4.69) is 20.3 Å². The number of alkyl halides is 3. The molecule has 0 atom stereocenters. The smallest absolute Gasteiger partial charge is 0.372 e. The second kappa shape index (κ2) is 8.94. The van der Waals surface area contributed by atoms with Gasteiger partial charge in [-0.05, 0) is 56.3 Å². The molecule has 0 saturated carbocycles. The number of ether oxygens (including phenoxy) is 1. The molecule has 2 aromatic heterocycles. The van der Waals surface area contributed by atoms with Crippen LogP contribution in [0.15, 0.2) is 60.9 Å². The van der Waals surface area contributed by atoms with Crippen molar-refractivity contribution in [3.63, 3.8) is 0 Å². The summed E-state index contributed by atoms with van der Waals surface area (Å²) in [6, 6.07) is 12.5. The number of fused-ring (bicyclic) bond motifs is 1.